The van der Waals surface area contributed by atoms with Gasteiger partial charge in [-0.15, -0.1) is 0 Å². The van der Waals surface area contributed by atoms with E-state index in [2.05, 4.69) is 5.32 Å². The summed E-state index contributed by atoms with van der Waals surface area (Å²) in [6.45, 7) is 3.69. The molecule has 3 atom stereocenters. The third-order valence-electron chi connectivity index (χ3n) is 7.54. The number of methoxy groups -OCH3 is 3. The monoisotopic (exact) mass is 497 g/mol. The van der Waals surface area contributed by atoms with Crippen LogP contribution in [0.1, 0.15) is 63.9 Å². The summed E-state index contributed by atoms with van der Waals surface area (Å²) in [7, 11) is 4.38. The van der Waals surface area contributed by atoms with Gasteiger partial charge in [0, 0.05) is 28.6 Å². The van der Waals surface area contributed by atoms with Crippen molar-refractivity contribution in [3.8, 4) is 11.5 Å². The van der Waals surface area contributed by atoms with Gasteiger partial charge in [0.25, 0.3) is 0 Å². The Bertz CT molecular complexity index is 1110. The zero-order valence-electron chi connectivity index (χ0n) is 21.6. The van der Waals surface area contributed by atoms with Crippen LogP contribution in [0.4, 0.5) is 0 Å². The van der Waals surface area contributed by atoms with E-state index < -0.39 is 23.8 Å². The molecule has 0 spiro atoms. The van der Waals surface area contributed by atoms with Crippen molar-refractivity contribution in [1.82, 2.24) is 5.32 Å². The first-order chi connectivity index (χ1) is 17.3. The maximum Gasteiger partial charge on any atom is 0.337 e. The summed E-state index contributed by atoms with van der Waals surface area (Å²) in [5, 5.41) is 3.30. The molecule has 0 saturated heterocycles. The lowest BCUT2D eigenvalue weighted by molar-refractivity contribution is -0.151. The van der Waals surface area contributed by atoms with Crippen LogP contribution in [0.25, 0.3) is 0 Å². The van der Waals surface area contributed by atoms with E-state index in [0.29, 0.717) is 46.0 Å². The molecule has 194 valence electrons. The van der Waals surface area contributed by atoms with Crippen LogP contribution in [0.15, 0.2) is 40.7 Å². The highest BCUT2D eigenvalue weighted by Crippen LogP contribution is 2.48. The fraction of sp³-hybridized carbons (Fsp3) is 0.536. The summed E-state index contributed by atoms with van der Waals surface area (Å²) in [5.41, 5.74) is 2.72. The molecule has 0 unspecified atom stereocenters. The predicted molar refractivity (Wildman–Crippen MR) is 132 cm³/mol. The molecule has 0 amide bonds. The first-order valence-corrected chi connectivity index (χ1v) is 12.6. The van der Waals surface area contributed by atoms with Crippen molar-refractivity contribution in [3.05, 3.63) is 46.3 Å². The van der Waals surface area contributed by atoms with Crippen molar-refractivity contribution in [2.24, 2.45) is 11.8 Å². The number of Topliss-reactive ketones (excluding diaryl/α,β-unsaturated/α-hetero) is 1. The number of nitrogens with one attached hydrogen (secondary N) is 1. The normalized spacial score (nSPS) is 24.6. The topological polar surface area (TPSA) is 100 Å². The molecule has 0 bridgehead atoms. The number of ketones is 1. The average molecular weight is 498 g/mol. The molecule has 36 heavy (non-hydrogen) atoms. The molecule has 1 aromatic rings. The first-order valence-electron chi connectivity index (χ1n) is 12.6. The summed E-state index contributed by atoms with van der Waals surface area (Å²) in [5.74, 6) is -2.27. The van der Waals surface area contributed by atoms with E-state index in [4.69, 9.17) is 18.9 Å². The molecule has 8 heteroatoms. The summed E-state index contributed by atoms with van der Waals surface area (Å²) in [4.78, 5) is 40.2. The second kappa shape index (κ2) is 10.8. The summed E-state index contributed by atoms with van der Waals surface area (Å²) < 4.78 is 22.0. The minimum atomic E-state index is -0.948. The second-order valence-corrected chi connectivity index (χ2v) is 9.81. The van der Waals surface area contributed by atoms with Gasteiger partial charge >= 0.3 is 11.9 Å². The lowest BCUT2D eigenvalue weighted by atomic mass is 9.69. The lowest BCUT2D eigenvalue weighted by Crippen LogP contribution is -2.43. The number of dihydropyridines is 1. The van der Waals surface area contributed by atoms with Crippen LogP contribution < -0.4 is 14.8 Å². The molecular formula is C28H35NO7. The van der Waals surface area contributed by atoms with Gasteiger partial charge in [0.05, 0.1) is 32.8 Å². The van der Waals surface area contributed by atoms with Crippen LogP contribution in [0, 0.1) is 11.8 Å². The van der Waals surface area contributed by atoms with Crippen LogP contribution in [0.2, 0.25) is 0 Å². The van der Waals surface area contributed by atoms with E-state index in [1.165, 1.54) is 14.2 Å². The van der Waals surface area contributed by atoms with E-state index >= 15 is 0 Å². The van der Waals surface area contributed by atoms with Crippen molar-refractivity contribution < 1.29 is 33.3 Å². The first kappa shape index (κ1) is 25.8. The van der Waals surface area contributed by atoms with Crippen LogP contribution in [-0.2, 0) is 23.9 Å². The zero-order chi connectivity index (χ0) is 26.0. The van der Waals surface area contributed by atoms with Gasteiger partial charge in [0.15, 0.2) is 5.78 Å². The molecule has 1 aliphatic heterocycles. The Morgan fingerprint density at radius 3 is 2.39 bits per heavy atom. The van der Waals surface area contributed by atoms with E-state index in [1.54, 1.807) is 25.3 Å². The van der Waals surface area contributed by atoms with Crippen molar-refractivity contribution in [2.45, 2.75) is 64.4 Å². The summed E-state index contributed by atoms with van der Waals surface area (Å²) >= 11 is 0. The molecule has 1 saturated carbocycles. The molecule has 0 radical (unpaired) electrons. The van der Waals surface area contributed by atoms with E-state index in [0.717, 1.165) is 32.1 Å². The minimum absolute atomic E-state index is 0.148. The quantitative estimate of drug-likeness (QED) is 0.461. The number of rotatable bonds is 6. The SMILES string of the molecule is COC(=O)[C@@H]1C(=O)C2=C(C[C@H]1C)NC(C)=C(C(=O)OC1CCCCC1)[C@H]2c1ccc(OC)cc1OC. The molecule has 2 aliphatic carbocycles. The Hall–Kier alpha value is -3.29. The molecular weight excluding hydrogens is 462 g/mol. The average Bonchev–Trinajstić information content (AvgIpc) is 2.87. The van der Waals surface area contributed by atoms with Gasteiger partial charge in [-0.05, 0) is 51.0 Å². The standard InChI is InChI=1S/C28H35NO7/c1-15-13-20-25(26(30)22(15)27(31)35-5)24(19-12-11-18(33-3)14-21(19)34-4)23(16(2)29-20)28(32)36-17-9-7-6-8-10-17/h11-12,14-15,17,22,24,29H,6-10,13H2,1-5H3/t15-,22+,24-/m1/s1. The number of carbonyl (C=O) groups is 3. The van der Waals surface area contributed by atoms with Crippen LogP contribution in [0.3, 0.4) is 0 Å². The van der Waals surface area contributed by atoms with Gasteiger partial charge in [-0.3, -0.25) is 9.59 Å². The fourth-order valence-corrected chi connectivity index (χ4v) is 5.72. The Morgan fingerprint density at radius 2 is 1.75 bits per heavy atom. The highest BCUT2D eigenvalue weighted by atomic mass is 16.5. The van der Waals surface area contributed by atoms with Gasteiger partial charge in [-0.25, -0.2) is 4.79 Å². The largest absolute Gasteiger partial charge is 0.497 e. The second-order valence-electron chi connectivity index (χ2n) is 9.81. The molecule has 1 heterocycles. The predicted octanol–water partition coefficient (Wildman–Crippen LogP) is 4.19. The van der Waals surface area contributed by atoms with E-state index in [-0.39, 0.29) is 17.8 Å². The molecule has 4 rings (SSSR count). The number of hydrogen-bond donors (Lipinski definition) is 1. The van der Waals surface area contributed by atoms with Crippen LogP contribution >= 0.6 is 0 Å². The van der Waals surface area contributed by atoms with Gasteiger partial charge < -0.3 is 24.3 Å². The van der Waals surface area contributed by atoms with Crippen molar-refractivity contribution in [1.29, 1.82) is 0 Å². The van der Waals surface area contributed by atoms with Gasteiger partial charge in [0.1, 0.15) is 23.5 Å². The number of esters is 2. The fourth-order valence-electron chi connectivity index (χ4n) is 5.72. The van der Waals surface area contributed by atoms with E-state index in [1.807, 2.05) is 13.8 Å². The molecule has 0 aromatic heterocycles. The number of hydrogen-bond acceptors (Lipinski definition) is 8. The maximum absolute atomic E-state index is 13.9. The van der Waals surface area contributed by atoms with Gasteiger partial charge in [-0.2, -0.15) is 0 Å². The van der Waals surface area contributed by atoms with Crippen molar-refractivity contribution >= 4 is 17.7 Å². The van der Waals surface area contributed by atoms with E-state index in [9.17, 15) is 14.4 Å². The summed E-state index contributed by atoms with van der Waals surface area (Å²) in [6.07, 6.45) is 5.17. The van der Waals surface area contributed by atoms with Crippen LogP contribution in [0.5, 0.6) is 11.5 Å². The Labute approximate surface area is 212 Å². The number of allylic oxidation sites excluding steroid dienone is 3. The Kier molecular flexibility index (Phi) is 7.71. The number of benzene rings is 1. The highest BCUT2D eigenvalue weighted by molar-refractivity contribution is 6.12. The van der Waals surface area contributed by atoms with Gasteiger partial charge in [0.2, 0.25) is 0 Å². The lowest BCUT2D eigenvalue weighted by Gasteiger charge is -2.39. The third kappa shape index (κ3) is 4.73. The smallest absolute Gasteiger partial charge is 0.337 e. The Morgan fingerprint density at radius 1 is 1.03 bits per heavy atom. The molecule has 3 aliphatic rings. The maximum atomic E-state index is 13.9. The number of ether oxygens (including phenoxy) is 4. The van der Waals surface area contributed by atoms with Gasteiger partial charge in [-0.1, -0.05) is 19.4 Å². The highest BCUT2D eigenvalue weighted by Gasteiger charge is 2.48. The van der Waals surface area contributed by atoms with Crippen molar-refractivity contribution in [2.75, 3.05) is 21.3 Å². The third-order valence-corrected chi connectivity index (χ3v) is 7.54. The minimum Gasteiger partial charge on any atom is -0.497 e. The number of carbonyl (C=O) groups excluding carboxylic acids is 3. The summed E-state index contributed by atoms with van der Waals surface area (Å²) in [6, 6.07) is 5.30. The zero-order valence-corrected chi connectivity index (χ0v) is 21.6. The van der Waals surface area contributed by atoms with Crippen molar-refractivity contribution in [3.63, 3.8) is 0 Å². The molecule has 1 N–H and O–H groups in total. The molecule has 1 aromatic carbocycles. The molecule has 1 fully saturated rings. The van der Waals surface area contributed by atoms with Crippen LogP contribution in [-0.4, -0.2) is 45.2 Å². The molecule has 8 nitrogen and oxygen atoms in total. The Balaban J connectivity index is 1.84.